The van der Waals surface area contributed by atoms with E-state index in [1.165, 1.54) is 22.7 Å². The number of carbonyl (C=O) groups is 2. The summed E-state index contributed by atoms with van der Waals surface area (Å²) >= 11 is 9.02. The maximum atomic E-state index is 14.0. The van der Waals surface area contributed by atoms with Gasteiger partial charge in [0.1, 0.15) is 0 Å². The van der Waals surface area contributed by atoms with Gasteiger partial charge >= 0.3 is 0 Å². The number of halogens is 1. The molecule has 1 N–H and O–H groups in total. The molecule has 3 atom stereocenters. The van der Waals surface area contributed by atoms with Crippen LogP contribution in [-0.4, -0.2) is 52.4 Å². The number of carbonyl (C=O) groups excluding carboxylic acids is 2. The quantitative estimate of drug-likeness (QED) is 0.350. The van der Waals surface area contributed by atoms with Gasteiger partial charge in [-0.3, -0.25) is 9.59 Å². The van der Waals surface area contributed by atoms with Crippen LogP contribution in [0.4, 0.5) is 0 Å². The molecular formula is C26H23ClN4O3S2. The lowest BCUT2D eigenvalue weighted by molar-refractivity contribution is 0.0577. The Kier molecular flexibility index (Phi) is 6.15. The van der Waals surface area contributed by atoms with Gasteiger partial charge in [0.15, 0.2) is 5.69 Å². The molecule has 1 saturated carbocycles. The molecule has 1 saturated heterocycles. The Hall–Kier alpha value is -3.01. The first-order valence-corrected chi connectivity index (χ1v) is 13.8. The standard InChI is InChI=1S/C26H23ClN4O3S2/c1-34-26-30-21(22(36-26)15-4-2-5-16(27)10-15)25(33)31-17-9-8-14(11-17)20(31)12-28-24(32)18-6-3-7-19-23(18)35-13-29-19/h2-7,10,13-14,17,20H,8-9,11-12H2,1H3,(H,28,32)/t14-,17-,20-/m0/s1. The fraction of sp³-hybridized carbons (Fsp3) is 0.308. The van der Waals surface area contributed by atoms with E-state index in [1.807, 2.05) is 41.3 Å². The highest BCUT2D eigenvalue weighted by atomic mass is 35.5. The fourth-order valence-corrected chi connectivity index (χ4v) is 7.37. The number of nitrogens with one attached hydrogen (secondary N) is 1. The summed E-state index contributed by atoms with van der Waals surface area (Å²) in [6.45, 7) is 0.398. The Labute approximate surface area is 221 Å². The maximum absolute atomic E-state index is 14.0. The van der Waals surface area contributed by atoms with Crippen molar-refractivity contribution in [2.24, 2.45) is 5.92 Å². The topological polar surface area (TPSA) is 84.4 Å². The number of piperidine rings is 1. The monoisotopic (exact) mass is 538 g/mol. The van der Waals surface area contributed by atoms with Gasteiger partial charge in [-0.1, -0.05) is 41.1 Å². The van der Waals surface area contributed by atoms with Crippen molar-refractivity contribution in [3.63, 3.8) is 0 Å². The minimum atomic E-state index is -0.144. The summed E-state index contributed by atoms with van der Waals surface area (Å²) in [5.41, 5.74) is 4.38. The molecule has 2 fully saturated rings. The van der Waals surface area contributed by atoms with Crippen molar-refractivity contribution in [3.8, 4) is 15.6 Å². The first-order valence-electron chi connectivity index (χ1n) is 11.8. The molecule has 0 spiro atoms. The van der Waals surface area contributed by atoms with Crippen LogP contribution in [0, 0.1) is 5.92 Å². The second-order valence-corrected chi connectivity index (χ2v) is 11.3. The Morgan fingerprint density at radius 2 is 2.08 bits per heavy atom. The molecular weight excluding hydrogens is 516 g/mol. The average molecular weight is 539 g/mol. The summed E-state index contributed by atoms with van der Waals surface area (Å²) in [6, 6.07) is 13.0. The summed E-state index contributed by atoms with van der Waals surface area (Å²) in [4.78, 5) is 38.6. The van der Waals surface area contributed by atoms with Crippen LogP contribution in [0.2, 0.25) is 5.02 Å². The molecule has 1 aliphatic carbocycles. The number of methoxy groups -OCH3 is 1. The highest BCUT2D eigenvalue weighted by Crippen LogP contribution is 2.44. The molecule has 0 unspecified atom stereocenters. The molecule has 184 valence electrons. The largest absolute Gasteiger partial charge is 0.473 e. The Balaban J connectivity index is 1.27. The van der Waals surface area contributed by atoms with Gasteiger partial charge in [0.05, 0.1) is 39.3 Å². The van der Waals surface area contributed by atoms with Crippen LogP contribution < -0.4 is 10.1 Å². The summed E-state index contributed by atoms with van der Waals surface area (Å²) in [5, 5.41) is 4.12. The van der Waals surface area contributed by atoms with Gasteiger partial charge in [-0.2, -0.15) is 4.98 Å². The molecule has 3 heterocycles. The summed E-state index contributed by atoms with van der Waals surface area (Å²) in [7, 11) is 1.55. The van der Waals surface area contributed by atoms with E-state index in [1.54, 1.807) is 18.7 Å². The zero-order valence-corrected chi connectivity index (χ0v) is 21.8. The van der Waals surface area contributed by atoms with E-state index in [4.69, 9.17) is 16.3 Å². The summed E-state index contributed by atoms with van der Waals surface area (Å²) in [6.07, 6.45) is 2.97. The minimum Gasteiger partial charge on any atom is -0.473 e. The molecule has 4 aromatic rings. The lowest BCUT2D eigenvalue weighted by Gasteiger charge is -2.35. The molecule has 2 aromatic carbocycles. The van der Waals surface area contributed by atoms with Crippen LogP contribution >= 0.6 is 34.3 Å². The predicted octanol–water partition coefficient (Wildman–Crippen LogP) is 5.50. The lowest BCUT2D eigenvalue weighted by atomic mass is 9.98. The normalized spacial score (nSPS) is 20.7. The van der Waals surface area contributed by atoms with Gasteiger partial charge in [-0.15, -0.1) is 11.3 Å². The summed E-state index contributed by atoms with van der Waals surface area (Å²) in [5.74, 6) is 0.0871. The van der Waals surface area contributed by atoms with E-state index in [9.17, 15) is 9.59 Å². The van der Waals surface area contributed by atoms with Gasteiger partial charge in [0, 0.05) is 17.6 Å². The second kappa shape index (κ2) is 9.46. The minimum absolute atomic E-state index is 0.0826. The highest BCUT2D eigenvalue weighted by molar-refractivity contribution is 7.17. The van der Waals surface area contributed by atoms with Gasteiger partial charge in [0.25, 0.3) is 17.0 Å². The van der Waals surface area contributed by atoms with Gasteiger partial charge in [-0.05, 0) is 55.0 Å². The van der Waals surface area contributed by atoms with Crippen molar-refractivity contribution in [3.05, 3.63) is 64.3 Å². The van der Waals surface area contributed by atoms with E-state index < -0.39 is 0 Å². The molecule has 1 aliphatic heterocycles. The fourth-order valence-electron chi connectivity index (χ4n) is 5.51. The number of thiazole rings is 2. The smallest absolute Gasteiger partial charge is 0.274 e. The van der Waals surface area contributed by atoms with Crippen LogP contribution in [0.15, 0.2) is 48.0 Å². The maximum Gasteiger partial charge on any atom is 0.274 e. The Morgan fingerprint density at radius 3 is 2.92 bits per heavy atom. The molecule has 2 amide bonds. The van der Waals surface area contributed by atoms with E-state index in [2.05, 4.69) is 15.3 Å². The van der Waals surface area contributed by atoms with Crippen molar-refractivity contribution in [1.82, 2.24) is 20.2 Å². The number of ether oxygens (including phenoxy) is 1. The number of fused-ring (bicyclic) bond motifs is 3. The van der Waals surface area contributed by atoms with E-state index in [-0.39, 0.29) is 23.9 Å². The summed E-state index contributed by atoms with van der Waals surface area (Å²) < 4.78 is 6.26. The SMILES string of the molecule is COc1nc(C(=O)N2[C@H]3CC[C@@H](C3)[C@@H]2CNC(=O)c2cccc3ncsc23)c(-c2cccc(Cl)c2)s1. The first kappa shape index (κ1) is 23.4. The van der Waals surface area contributed by atoms with Crippen LogP contribution in [0.5, 0.6) is 5.19 Å². The number of hydrogen-bond donors (Lipinski definition) is 1. The molecule has 2 bridgehead atoms. The van der Waals surface area contributed by atoms with Crippen LogP contribution in [0.3, 0.4) is 0 Å². The zero-order valence-electron chi connectivity index (χ0n) is 19.4. The first-order chi connectivity index (χ1) is 17.5. The van der Waals surface area contributed by atoms with E-state index in [0.717, 1.165) is 39.9 Å². The van der Waals surface area contributed by atoms with Crippen LogP contribution in [0.1, 0.15) is 40.1 Å². The van der Waals surface area contributed by atoms with Crippen molar-refractivity contribution in [1.29, 1.82) is 0 Å². The molecule has 0 radical (unpaired) electrons. The van der Waals surface area contributed by atoms with E-state index >= 15 is 0 Å². The van der Waals surface area contributed by atoms with Gasteiger partial charge < -0.3 is 15.0 Å². The predicted molar refractivity (Wildman–Crippen MR) is 142 cm³/mol. The number of benzene rings is 2. The molecule has 10 heteroatoms. The van der Waals surface area contributed by atoms with Crippen molar-refractivity contribution in [2.75, 3.05) is 13.7 Å². The Morgan fingerprint density at radius 1 is 1.22 bits per heavy atom. The van der Waals surface area contributed by atoms with Crippen molar-refractivity contribution >= 4 is 56.3 Å². The van der Waals surface area contributed by atoms with Crippen LogP contribution in [0.25, 0.3) is 20.7 Å². The number of aromatic nitrogens is 2. The number of hydrogen-bond acceptors (Lipinski definition) is 7. The molecule has 36 heavy (non-hydrogen) atoms. The molecule has 7 nitrogen and oxygen atoms in total. The third-order valence-electron chi connectivity index (χ3n) is 7.12. The lowest BCUT2D eigenvalue weighted by Crippen LogP contribution is -2.50. The van der Waals surface area contributed by atoms with Crippen LogP contribution in [-0.2, 0) is 0 Å². The van der Waals surface area contributed by atoms with Crippen molar-refractivity contribution < 1.29 is 14.3 Å². The number of likely N-dealkylation sites (tertiary alicyclic amines) is 1. The highest BCUT2D eigenvalue weighted by Gasteiger charge is 2.49. The zero-order chi connectivity index (χ0) is 24.8. The third kappa shape index (κ3) is 4.05. The van der Waals surface area contributed by atoms with E-state index in [0.29, 0.717) is 33.9 Å². The number of rotatable bonds is 6. The number of nitrogens with zero attached hydrogens (tertiary/aromatic N) is 3. The van der Waals surface area contributed by atoms with Gasteiger partial charge in [0.2, 0.25) is 0 Å². The average Bonchev–Trinajstić information content (AvgIpc) is 3.69. The third-order valence-corrected chi connectivity index (χ3v) is 9.30. The Bertz CT molecular complexity index is 1470. The molecule has 2 aliphatic rings. The number of amides is 2. The van der Waals surface area contributed by atoms with Crippen molar-refractivity contribution in [2.45, 2.75) is 31.3 Å². The van der Waals surface area contributed by atoms with Gasteiger partial charge in [-0.25, -0.2) is 4.98 Å². The molecule has 2 aromatic heterocycles. The molecule has 6 rings (SSSR count). The second-order valence-electron chi connectivity index (χ2n) is 9.09.